The monoisotopic (exact) mass is 446 g/mol. The van der Waals surface area contributed by atoms with Gasteiger partial charge in [0.15, 0.2) is 0 Å². The molecule has 0 radical (unpaired) electrons. The van der Waals surface area contributed by atoms with E-state index in [0.29, 0.717) is 0 Å². The van der Waals surface area contributed by atoms with Crippen LogP contribution >= 0.6 is 0 Å². The van der Waals surface area contributed by atoms with Crippen molar-refractivity contribution < 1.29 is 0 Å². The number of aromatic nitrogens is 6. The first-order chi connectivity index (χ1) is 15.3. The maximum absolute atomic E-state index is 4.99. The highest BCUT2D eigenvalue weighted by Gasteiger charge is 2.30. The van der Waals surface area contributed by atoms with E-state index in [1.54, 1.807) is 0 Å². The van der Waals surface area contributed by atoms with Crippen LogP contribution in [0.1, 0.15) is 95.4 Å². The minimum Gasteiger partial charge on any atom is -0.241 e. The molecule has 3 aromatic heterocycles. The van der Waals surface area contributed by atoms with Crippen molar-refractivity contribution in [1.29, 1.82) is 0 Å². The van der Waals surface area contributed by atoms with E-state index >= 15 is 0 Å². The van der Waals surface area contributed by atoms with Gasteiger partial charge in [-0.15, -0.1) is 0 Å². The zero-order valence-electron chi connectivity index (χ0n) is 21.7. The lowest BCUT2D eigenvalue weighted by molar-refractivity contribution is 0.454. The summed E-state index contributed by atoms with van der Waals surface area (Å²) in [4.78, 5) is 28.3. The molecule has 6 nitrogen and oxygen atoms in total. The third-order valence-electron chi connectivity index (χ3n) is 5.94. The summed E-state index contributed by atoms with van der Waals surface area (Å²) < 4.78 is 0. The van der Waals surface area contributed by atoms with Gasteiger partial charge in [0.2, 0.25) is 0 Å². The molecule has 0 atom stereocenters. The largest absolute Gasteiger partial charge is 0.241 e. The number of nitrogens with zero attached hydrogens (tertiary/aromatic N) is 6. The Kier molecular flexibility index (Phi) is 6.96. The van der Waals surface area contributed by atoms with Crippen molar-refractivity contribution in [2.45, 2.75) is 97.8 Å². The van der Waals surface area contributed by atoms with Crippen molar-refractivity contribution >= 4 is 0 Å². The summed E-state index contributed by atoms with van der Waals surface area (Å²) in [5.74, 6) is 2.54. The van der Waals surface area contributed by atoms with Crippen LogP contribution in [-0.2, 0) is 35.5 Å². The molecule has 0 amide bonds. The molecule has 6 heteroatoms. The Balaban J connectivity index is 1.88. The molecule has 33 heavy (non-hydrogen) atoms. The average molecular weight is 447 g/mol. The van der Waals surface area contributed by atoms with Gasteiger partial charge in [0.1, 0.15) is 17.5 Å². The van der Waals surface area contributed by atoms with Gasteiger partial charge in [0.05, 0.1) is 0 Å². The molecule has 0 bridgehead atoms. The van der Waals surface area contributed by atoms with Gasteiger partial charge >= 0.3 is 0 Å². The van der Waals surface area contributed by atoms with Gasteiger partial charge in [0.25, 0.3) is 0 Å². The second kappa shape index (κ2) is 9.24. The predicted molar refractivity (Wildman–Crippen MR) is 132 cm³/mol. The number of hydrogen-bond donors (Lipinski definition) is 0. The molecule has 0 aliphatic carbocycles. The summed E-state index contributed by atoms with van der Waals surface area (Å²) in [5.41, 5.74) is 3.74. The van der Waals surface area contributed by atoms with Crippen LogP contribution in [0.15, 0.2) is 30.9 Å². The number of hydrogen-bond acceptors (Lipinski definition) is 6. The fraction of sp³-hybridized carbons (Fsp3) is 0.556. The van der Waals surface area contributed by atoms with Gasteiger partial charge < -0.3 is 0 Å². The fourth-order valence-electron chi connectivity index (χ4n) is 3.84. The Labute approximate surface area is 198 Å². The maximum Gasteiger partial charge on any atom is 0.134 e. The van der Waals surface area contributed by atoms with Crippen molar-refractivity contribution in [2.75, 3.05) is 0 Å². The van der Waals surface area contributed by atoms with Crippen molar-refractivity contribution in [2.24, 2.45) is 0 Å². The van der Waals surface area contributed by atoms with Gasteiger partial charge in [-0.2, -0.15) is 0 Å². The average Bonchev–Trinajstić information content (AvgIpc) is 2.73. The smallest absolute Gasteiger partial charge is 0.134 e. The van der Waals surface area contributed by atoms with E-state index in [1.807, 2.05) is 37.8 Å². The molecule has 0 aromatic carbocycles. The molecule has 3 rings (SSSR count). The van der Waals surface area contributed by atoms with E-state index in [2.05, 4.69) is 75.3 Å². The first-order valence-electron chi connectivity index (χ1n) is 11.8. The van der Waals surface area contributed by atoms with E-state index < -0.39 is 0 Å². The lowest BCUT2D eigenvalue weighted by Crippen LogP contribution is -2.28. The third-order valence-corrected chi connectivity index (χ3v) is 5.94. The first kappa shape index (κ1) is 24.9. The highest BCUT2D eigenvalue weighted by molar-refractivity contribution is 5.24. The summed E-state index contributed by atoms with van der Waals surface area (Å²) in [5, 5.41) is 0. The van der Waals surface area contributed by atoms with Crippen molar-refractivity contribution in [3.05, 3.63) is 70.8 Å². The summed E-state index contributed by atoms with van der Waals surface area (Å²) in [6.45, 7) is 19.3. The Morgan fingerprint density at radius 1 is 0.697 bits per heavy atom. The molecule has 0 aliphatic rings. The molecule has 0 aliphatic heterocycles. The third kappa shape index (κ3) is 5.98. The van der Waals surface area contributed by atoms with Crippen LogP contribution < -0.4 is 0 Å². The molecular formula is C27H38N6. The van der Waals surface area contributed by atoms with Crippen LogP contribution in [0.2, 0.25) is 0 Å². The highest BCUT2D eigenvalue weighted by atomic mass is 14.9. The van der Waals surface area contributed by atoms with Gasteiger partial charge in [-0.3, -0.25) is 0 Å². The topological polar surface area (TPSA) is 77.3 Å². The summed E-state index contributed by atoms with van der Waals surface area (Å²) >= 11 is 0. The van der Waals surface area contributed by atoms with E-state index in [-0.39, 0.29) is 16.2 Å². The number of aryl methyl sites for hydroxylation is 2. The Hall–Kier alpha value is -2.76. The molecule has 0 unspecified atom stereocenters. The van der Waals surface area contributed by atoms with Gasteiger partial charge in [-0.1, -0.05) is 55.4 Å². The molecule has 0 fully saturated rings. The maximum atomic E-state index is 4.99. The summed E-state index contributed by atoms with van der Waals surface area (Å²) in [6, 6.07) is 2.00. The lowest BCUT2D eigenvalue weighted by Gasteiger charge is -2.27. The fourth-order valence-corrected chi connectivity index (χ4v) is 3.84. The van der Waals surface area contributed by atoms with Crippen LogP contribution in [0.3, 0.4) is 0 Å². The Morgan fingerprint density at radius 3 is 1.91 bits per heavy atom. The van der Waals surface area contributed by atoms with Crippen LogP contribution in [0, 0.1) is 6.92 Å². The molecule has 0 saturated heterocycles. The second-order valence-electron chi connectivity index (χ2n) is 11.3. The second-order valence-corrected chi connectivity index (χ2v) is 11.3. The lowest BCUT2D eigenvalue weighted by atomic mass is 9.84. The van der Waals surface area contributed by atoms with Crippen molar-refractivity contribution in [1.82, 2.24) is 29.9 Å². The van der Waals surface area contributed by atoms with Crippen LogP contribution in [0.5, 0.6) is 0 Å². The molecule has 3 aromatic rings. The van der Waals surface area contributed by atoms with E-state index in [0.717, 1.165) is 53.7 Å². The van der Waals surface area contributed by atoms with Crippen molar-refractivity contribution in [3.63, 3.8) is 0 Å². The zero-order chi connectivity index (χ0) is 24.4. The minimum atomic E-state index is -0.270. The van der Waals surface area contributed by atoms with Crippen LogP contribution in [0.25, 0.3) is 0 Å². The van der Waals surface area contributed by atoms with Crippen molar-refractivity contribution in [3.8, 4) is 0 Å². The minimum absolute atomic E-state index is 0.0921. The quantitative estimate of drug-likeness (QED) is 0.492. The zero-order valence-corrected chi connectivity index (χ0v) is 21.7. The molecule has 0 saturated carbocycles. The van der Waals surface area contributed by atoms with E-state index in [4.69, 9.17) is 9.97 Å². The first-order valence-corrected chi connectivity index (χ1v) is 11.8. The summed E-state index contributed by atoms with van der Waals surface area (Å²) in [6.07, 6.45) is 10.0. The molecule has 0 spiro atoms. The van der Waals surface area contributed by atoms with E-state index in [9.17, 15) is 0 Å². The van der Waals surface area contributed by atoms with Crippen LogP contribution in [0.4, 0.5) is 0 Å². The molecule has 3 heterocycles. The predicted octanol–water partition coefficient (Wildman–Crippen LogP) is 5.27. The normalized spacial score (nSPS) is 12.8. The Bertz CT molecular complexity index is 1090. The summed E-state index contributed by atoms with van der Waals surface area (Å²) in [7, 11) is 0. The molecular weight excluding hydrogens is 408 g/mol. The van der Waals surface area contributed by atoms with Gasteiger partial charge in [-0.05, 0) is 30.5 Å². The van der Waals surface area contributed by atoms with E-state index in [1.165, 1.54) is 5.56 Å². The SMILES string of the molecule is CCc1cnc(C(C)(C)C)nc1CC(C)(C)c1nccc(CC(C)(C)c2ncc(C)cn2)n1. The number of rotatable bonds is 7. The van der Waals surface area contributed by atoms with Gasteiger partial charge in [0, 0.05) is 65.3 Å². The highest BCUT2D eigenvalue weighted by Crippen LogP contribution is 2.29. The molecule has 0 N–H and O–H groups in total. The van der Waals surface area contributed by atoms with Crippen LogP contribution in [-0.4, -0.2) is 29.9 Å². The van der Waals surface area contributed by atoms with Gasteiger partial charge in [-0.25, -0.2) is 29.9 Å². The standard InChI is InChI=1S/C27H38N6/c1-10-19-17-31-22(25(3,4)5)33-21(19)14-27(8,9)24-28-12-11-20(32-24)13-26(6,7)23-29-15-18(2)16-30-23/h11-12,15-17H,10,13-14H2,1-9H3. The Morgan fingerprint density at radius 2 is 1.30 bits per heavy atom. The molecule has 176 valence electrons.